The molecule has 230 valence electrons. The third-order valence-electron chi connectivity index (χ3n) is 8.00. The molecule has 1 atom stereocenters. The third kappa shape index (κ3) is 6.47. The van der Waals surface area contributed by atoms with Crippen LogP contribution in [0.3, 0.4) is 0 Å². The van der Waals surface area contributed by atoms with E-state index in [1.54, 1.807) is 30.3 Å². The Bertz CT molecular complexity index is 1770. The molecule has 0 spiro atoms. The Balaban J connectivity index is 1.39. The van der Waals surface area contributed by atoms with Gasteiger partial charge in [0.15, 0.2) is 0 Å². The molecular weight excluding hydrogens is 570 g/mol. The monoisotopic (exact) mass is 605 g/mol. The Labute approximate surface area is 261 Å². The molecular formula is C36H35N3O6. The summed E-state index contributed by atoms with van der Waals surface area (Å²) < 4.78 is 12.2. The molecule has 3 aliphatic rings. The molecule has 0 radical (unpaired) electrons. The second kappa shape index (κ2) is 12.7. The summed E-state index contributed by atoms with van der Waals surface area (Å²) in [5.74, 6) is 0.681. The zero-order chi connectivity index (χ0) is 31.5. The second-order valence-corrected chi connectivity index (χ2v) is 11.5. The van der Waals surface area contributed by atoms with Crippen molar-refractivity contribution in [3.63, 3.8) is 0 Å². The first-order valence-corrected chi connectivity index (χ1v) is 15.1. The average Bonchev–Trinajstić information content (AvgIpc) is 3.04. The summed E-state index contributed by atoms with van der Waals surface area (Å²) in [6.07, 6.45) is 1.15. The summed E-state index contributed by atoms with van der Waals surface area (Å²) in [6, 6.07) is 24.7. The van der Waals surface area contributed by atoms with Crippen LogP contribution in [0.2, 0.25) is 0 Å². The smallest absolute Gasteiger partial charge is 0.255 e. The van der Waals surface area contributed by atoms with Gasteiger partial charge in [-0.25, -0.2) is 0 Å². The van der Waals surface area contributed by atoms with Gasteiger partial charge in [-0.3, -0.25) is 14.4 Å². The molecule has 3 amide bonds. The fourth-order valence-electron chi connectivity index (χ4n) is 5.66. The molecule has 8 bridgehead atoms. The molecule has 3 aliphatic heterocycles. The van der Waals surface area contributed by atoms with Gasteiger partial charge >= 0.3 is 0 Å². The van der Waals surface area contributed by atoms with Crippen LogP contribution < -0.4 is 20.1 Å². The van der Waals surface area contributed by atoms with Gasteiger partial charge in [0.05, 0.1) is 18.2 Å². The lowest BCUT2D eigenvalue weighted by atomic mass is 9.87. The largest absolute Gasteiger partial charge is 0.507 e. The molecule has 0 aliphatic carbocycles. The van der Waals surface area contributed by atoms with Crippen LogP contribution in [0, 0.1) is 5.92 Å². The summed E-state index contributed by atoms with van der Waals surface area (Å²) in [4.78, 5) is 41.1. The number of ether oxygens (including phenoxy) is 2. The number of nitrogens with zero attached hydrogens (tertiary/aromatic N) is 1. The molecule has 0 saturated heterocycles. The fourth-order valence-corrected chi connectivity index (χ4v) is 5.66. The van der Waals surface area contributed by atoms with Gasteiger partial charge in [-0.2, -0.15) is 0 Å². The molecule has 0 aromatic heterocycles. The standard InChI is InChI=1S/C36H35N3O6/c1-22(2)34(41)38-26-8-3-7-25(18-26)36(43)39-16-14-23-19-28-10-12-30(23)33(39)24-6-4-9-27(20-24)44-17-5-15-37-35(42)31-21-29(45-28)11-13-32(31)40/h3-4,6-13,18-22,33,40H,5,14-17H2,1-2H3,(H,37,42)(H,38,41). The van der Waals surface area contributed by atoms with Crippen molar-refractivity contribution in [2.75, 3.05) is 25.0 Å². The van der Waals surface area contributed by atoms with E-state index in [9.17, 15) is 19.5 Å². The number of anilines is 1. The number of nitrogens with one attached hydrogen (secondary N) is 2. The number of amides is 3. The molecule has 3 heterocycles. The third-order valence-corrected chi connectivity index (χ3v) is 8.00. The van der Waals surface area contributed by atoms with Crippen LogP contribution in [-0.4, -0.2) is 47.4 Å². The normalized spacial score (nSPS) is 16.1. The van der Waals surface area contributed by atoms with Gasteiger partial charge in [0.2, 0.25) is 5.91 Å². The van der Waals surface area contributed by atoms with Gasteiger partial charge in [0.25, 0.3) is 11.8 Å². The molecule has 0 saturated carbocycles. The minimum Gasteiger partial charge on any atom is -0.507 e. The highest BCUT2D eigenvalue weighted by Gasteiger charge is 2.33. The summed E-state index contributed by atoms with van der Waals surface area (Å²) >= 11 is 0. The topological polar surface area (TPSA) is 117 Å². The highest BCUT2D eigenvalue weighted by Crippen LogP contribution is 2.39. The Morgan fingerprint density at radius 2 is 1.76 bits per heavy atom. The van der Waals surface area contributed by atoms with Crippen LogP contribution in [0.1, 0.15) is 63.7 Å². The van der Waals surface area contributed by atoms with Crippen molar-refractivity contribution in [3.8, 4) is 23.0 Å². The molecule has 3 N–H and O–H groups in total. The van der Waals surface area contributed by atoms with E-state index in [0.29, 0.717) is 61.0 Å². The maximum absolute atomic E-state index is 14.2. The number of aromatic hydroxyl groups is 1. The Kier molecular flexibility index (Phi) is 8.42. The first kappa shape index (κ1) is 29.7. The van der Waals surface area contributed by atoms with E-state index in [4.69, 9.17) is 9.47 Å². The highest BCUT2D eigenvalue weighted by molar-refractivity contribution is 5.98. The molecule has 1 unspecified atom stereocenters. The number of rotatable bonds is 3. The zero-order valence-electron chi connectivity index (χ0n) is 25.2. The molecule has 9 heteroatoms. The Hall–Kier alpha value is -5.31. The van der Waals surface area contributed by atoms with Crippen molar-refractivity contribution in [1.29, 1.82) is 0 Å². The maximum atomic E-state index is 14.2. The van der Waals surface area contributed by atoms with E-state index in [0.717, 1.165) is 16.7 Å². The summed E-state index contributed by atoms with van der Waals surface area (Å²) in [5.41, 5.74) is 4.09. The lowest BCUT2D eigenvalue weighted by Crippen LogP contribution is -2.40. The lowest BCUT2D eigenvalue weighted by Gasteiger charge is -2.38. The first-order valence-electron chi connectivity index (χ1n) is 15.1. The van der Waals surface area contributed by atoms with E-state index in [2.05, 4.69) is 10.6 Å². The number of benzene rings is 4. The molecule has 7 rings (SSSR count). The van der Waals surface area contributed by atoms with Crippen molar-refractivity contribution in [1.82, 2.24) is 10.2 Å². The molecule has 4 aromatic carbocycles. The Morgan fingerprint density at radius 3 is 2.60 bits per heavy atom. The quantitative estimate of drug-likeness (QED) is 0.261. The number of hydrogen-bond acceptors (Lipinski definition) is 6. The molecule has 4 aromatic rings. The summed E-state index contributed by atoms with van der Waals surface area (Å²) in [7, 11) is 0. The first-order chi connectivity index (χ1) is 21.8. The van der Waals surface area contributed by atoms with Crippen LogP contribution in [0.5, 0.6) is 23.0 Å². The molecule has 9 nitrogen and oxygen atoms in total. The molecule has 45 heavy (non-hydrogen) atoms. The number of fused-ring (bicyclic) bond motifs is 6. The fraction of sp³-hybridized carbons (Fsp3) is 0.250. The Morgan fingerprint density at radius 1 is 0.956 bits per heavy atom. The van der Waals surface area contributed by atoms with Crippen molar-refractivity contribution in [2.45, 2.75) is 32.7 Å². The van der Waals surface area contributed by atoms with Crippen LogP contribution >= 0.6 is 0 Å². The van der Waals surface area contributed by atoms with E-state index in [1.807, 2.05) is 61.2 Å². The van der Waals surface area contributed by atoms with E-state index in [1.165, 1.54) is 12.1 Å². The van der Waals surface area contributed by atoms with Gasteiger partial charge in [-0.1, -0.05) is 38.1 Å². The predicted molar refractivity (Wildman–Crippen MR) is 170 cm³/mol. The molecule has 0 fully saturated rings. The lowest BCUT2D eigenvalue weighted by molar-refractivity contribution is -0.118. The predicted octanol–water partition coefficient (Wildman–Crippen LogP) is 6.08. The SMILES string of the molecule is CC(C)C(=O)Nc1cccc(C(=O)N2CCc3cc4ccc3C2c2cccc(c2)OCCCNC(=O)c2cc(ccc2O)O4)c1. The number of carbonyl (C=O) groups is 3. The average molecular weight is 606 g/mol. The van der Waals surface area contributed by atoms with Crippen LogP contribution in [0.25, 0.3) is 0 Å². The highest BCUT2D eigenvalue weighted by atomic mass is 16.5. The van der Waals surface area contributed by atoms with Crippen molar-refractivity contribution < 1.29 is 29.0 Å². The number of carbonyl (C=O) groups excluding carboxylic acids is 3. The van der Waals surface area contributed by atoms with Gasteiger partial charge in [0, 0.05) is 30.3 Å². The minimum atomic E-state index is -0.397. The number of hydrogen-bond donors (Lipinski definition) is 3. The number of phenolic OH excluding ortho intramolecular Hbond substituents is 1. The van der Waals surface area contributed by atoms with E-state index < -0.39 is 11.9 Å². The van der Waals surface area contributed by atoms with Gasteiger partial charge in [0.1, 0.15) is 23.0 Å². The van der Waals surface area contributed by atoms with E-state index >= 15 is 0 Å². The number of phenols is 1. The van der Waals surface area contributed by atoms with Crippen molar-refractivity contribution >= 4 is 23.4 Å². The van der Waals surface area contributed by atoms with Gasteiger partial charge < -0.3 is 30.1 Å². The van der Waals surface area contributed by atoms with Crippen LogP contribution in [-0.2, 0) is 11.2 Å². The van der Waals surface area contributed by atoms with Gasteiger partial charge in [-0.05, 0) is 90.2 Å². The van der Waals surface area contributed by atoms with Gasteiger partial charge in [-0.15, -0.1) is 0 Å². The summed E-state index contributed by atoms with van der Waals surface area (Å²) in [5, 5.41) is 16.0. The van der Waals surface area contributed by atoms with Crippen molar-refractivity contribution in [3.05, 3.63) is 113 Å². The van der Waals surface area contributed by atoms with Crippen LogP contribution in [0.15, 0.2) is 84.9 Å². The summed E-state index contributed by atoms with van der Waals surface area (Å²) in [6.45, 7) is 4.82. The van der Waals surface area contributed by atoms with E-state index in [-0.39, 0.29) is 29.0 Å². The van der Waals surface area contributed by atoms with Crippen LogP contribution in [0.4, 0.5) is 5.69 Å². The maximum Gasteiger partial charge on any atom is 0.255 e. The van der Waals surface area contributed by atoms with Crippen molar-refractivity contribution in [2.24, 2.45) is 5.92 Å². The second-order valence-electron chi connectivity index (χ2n) is 11.5. The zero-order valence-corrected chi connectivity index (χ0v) is 25.2. The minimum absolute atomic E-state index is 0.115.